The molecule has 4 heteroatoms. The Morgan fingerprint density at radius 3 is 1.31 bits per heavy atom. The molecule has 4 nitrogen and oxygen atoms in total. The second kappa shape index (κ2) is 19.4. The van der Waals surface area contributed by atoms with Gasteiger partial charge in [-0.05, 0) is 26.7 Å². The Bertz CT molecular complexity index is 215. The summed E-state index contributed by atoms with van der Waals surface area (Å²) in [5.41, 5.74) is 0. The second-order valence-electron chi connectivity index (χ2n) is 2.91. The lowest BCUT2D eigenvalue weighted by Gasteiger charge is -1.78. The minimum atomic E-state index is 0.781. The van der Waals surface area contributed by atoms with Gasteiger partial charge in [0.2, 0.25) is 0 Å². The fourth-order valence-electron chi connectivity index (χ4n) is 0.565. The zero-order valence-corrected chi connectivity index (χ0v) is 11.0. The maximum Gasteiger partial charge on any atom is 0.0892 e. The van der Waals surface area contributed by atoms with E-state index in [0.29, 0.717) is 0 Å². The minimum absolute atomic E-state index is 0.781. The molecule has 92 valence electrons. The summed E-state index contributed by atoms with van der Waals surface area (Å²) in [6.07, 6.45) is 2.16. The Balaban J connectivity index is 0. The van der Waals surface area contributed by atoms with Gasteiger partial charge in [-0.2, -0.15) is 0 Å². The zero-order chi connectivity index (χ0) is 12.5. The van der Waals surface area contributed by atoms with E-state index in [9.17, 15) is 0 Å². The van der Waals surface area contributed by atoms with Crippen LogP contribution in [0.2, 0.25) is 0 Å². The quantitative estimate of drug-likeness (QED) is 0.622. The van der Waals surface area contributed by atoms with Crippen molar-refractivity contribution >= 4 is 12.0 Å². The highest BCUT2D eigenvalue weighted by atomic mass is 14.8. The summed E-state index contributed by atoms with van der Waals surface area (Å²) in [5.74, 6) is 0. The largest absolute Gasteiger partial charge is 0.226 e. The lowest BCUT2D eigenvalue weighted by molar-refractivity contribution is 0.918. The molecule has 0 radical (unpaired) electrons. The monoisotopic (exact) mass is 224 g/mol. The third kappa shape index (κ3) is 23.0. The molecule has 0 aromatic heterocycles. The number of hydrogen-bond acceptors (Lipinski definition) is 4. The van der Waals surface area contributed by atoms with Crippen molar-refractivity contribution in [1.82, 2.24) is 0 Å². The molecule has 0 aliphatic rings. The van der Waals surface area contributed by atoms with E-state index >= 15 is 0 Å². The van der Waals surface area contributed by atoms with Crippen LogP contribution in [-0.2, 0) is 0 Å². The first-order valence-corrected chi connectivity index (χ1v) is 5.99. The number of aliphatic imine (C=N–C) groups is 4. The van der Waals surface area contributed by atoms with E-state index in [2.05, 4.69) is 45.8 Å². The number of rotatable bonds is 6. The molecule has 0 saturated heterocycles. The highest BCUT2D eigenvalue weighted by Gasteiger charge is 1.70. The summed E-state index contributed by atoms with van der Waals surface area (Å²) in [6.45, 7) is 11.4. The highest BCUT2D eigenvalue weighted by Crippen LogP contribution is 1.75. The molecular formula is C12H24N4. The Morgan fingerprint density at radius 2 is 1.00 bits per heavy atom. The fraction of sp³-hybridized carbons (Fsp3) is 0.833. The molecule has 0 saturated carbocycles. The van der Waals surface area contributed by atoms with Crippen LogP contribution >= 0.6 is 0 Å². The van der Waals surface area contributed by atoms with Crippen molar-refractivity contribution in [2.75, 3.05) is 26.2 Å². The van der Waals surface area contributed by atoms with Crippen LogP contribution in [0.4, 0.5) is 0 Å². The van der Waals surface area contributed by atoms with E-state index in [4.69, 9.17) is 0 Å². The van der Waals surface area contributed by atoms with Crippen molar-refractivity contribution < 1.29 is 0 Å². The van der Waals surface area contributed by atoms with Crippen molar-refractivity contribution in [2.45, 2.75) is 40.5 Å². The van der Waals surface area contributed by atoms with Crippen LogP contribution in [0.25, 0.3) is 0 Å². The van der Waals surface area contributed by atoms with Crippen LogP contribution in [0.5, 0.6) is 0 Å². The van der Waals surface area contributed by atoms with Gasteiger partial charge in [0.15, 0.2) is 0 Å². The molecule has 0 aliphatic heterocycles. The highest BCUT2D eigenvalue weighted by molar-refractivity contribution is 5.41. The molecule has 0 fully saturated rings. The molecule has 0 amide bonds. The summed E-state index contributed by atoms with van der Waals surface area (Å²) in [5, 5.41) is 0. The average molecular weight is 224 g/mol. The van der Waals surface area contributed by atoms with Crippen molar-refractivity contribution in [2.24, 2.45) is 20.0 Å². The molecule has 0 heterocycles. The summed E-state index contributed by atoms with van der Waals surface area (Å²) in [4.78, 5) is 15.3. The second-order valence-corrected chi connectivity index (χ2v) is 2.91. The summed E-state index contributed by atoms with van der Waals surface area (Å²) in [7, 11) is 0. The SMILES string of the molecule is CCCN=C=NCCC.CCN=C=NCC. The maximum absolute atomic E-state index is 3.91. The van der Waals surface area contributed by atoms with Gasteiger partial charge in [0.05, 0.1) is 12.0 Å². The van der Waals surface area contributed by atoms with Crippen molar-refractivity contribution in [1.29, 1.82) is 0 Å². The maximum atomic E-state index is 3.91. The Labute approximate surface area is 99.3 Å². The van der Waals surface area contributed by atoms with Crippen molar-refractivity contribution in [3.8, 4) is 0 Å². The van der Waals surface area contributed by atoms with Crippen molar-refractivity contribution in [3.05, 3.63) is 0 Å². The van der Waals surface area contributed by atoms with E-state index in [-0.39, 0.29) is 0 Å². The Morgan fingerprint density at radius 1 is 0.625 bits per heavy atom. The lowest BCUT2D eigenvalue weighted by Crippen LogP contribution is -1.74. The van der Waals surface area contributed by atoms with E-state index in [1.165, 1.54) is 0 Å². The molecule has 0 aliphatic carbocycles. The van der Waals surface area contributed by atoms with Crippen LogP contribution in [0.3, 0.4) is 0 Å². The summed E-state index contributed by atoms with van der Waals surface area (Å²) < 4.78 is 0. The average Bonchev–Trinajstić information content (AvgIpc) is 2.31. The molecule has 0 N–H and O–H groups in total. The molecule has 0 rings (SSSR count). The van der Waals surface area contributed by atoms with Crippen LogP contribution in [0.1, 0.15) is 40.5 Å². The molecule has 0 unspecified atom stereocenters. The van der Waals surface area contributed by atoms with Crippen LogP contribution in [0, 0.1) is 0 Å². The van der Waals surface area contributed by atoms with E-state index in [0.717, 1.165) is 39.0 Å². The van der Waals surface area contributed by atoms with E-state index in [1.807, 2.05) is 13.8 Å². The van der Waals surface area contributed by atoms with Gasteiger partial charge in [0.1, 0.15) is 0 Å². The summed E-state index contributed by atoms with van der Waals surface area (Å²) in [6, 6.07) is 5.17. The van der Waals surface area contributed by atoms with E-state index < -0.39 is 0 Å². The van der Waals surface area contributed by atoms with Gasteiger partial charge in [-0.25, -0.2) is 20.0 Å². The normalized spacial score (nSPS) is 7.75. The van der Waals surface area contributed by atoms with Gasteiger partial charge < -0.3 is 0 Å². The fourth-order valence-corrected chi connectivity index (χ4v) is 0.565. The predicted octanol–water partition coefficient (Wildman–Crippen LogP) is 3.18. The molecular weight excluding hydrogens is 200 g/mol. The van der Waals surface area contributed by atoms with Crippen LogP contribution in [-0.4, -0.2) is 38.2 Å². The third-order valence-electron chi connectivity index (χ3n) is 1.27. The standard InChI is InChI=1S/C7H14N2.C5H10N2/c1-3-5-8-7-9-6-4-2;1-3-6-5-7-4-2/h3-6H2,1-2H3;3-4H2,1-2H3. The number of nitrogens with zero attached hydrogens (tertiary/aromatic N) is 4. The molecule has 0 atom stereocenters. The van der Waals surface area contributed by atoms with Gasteiger partial charge in [-0.3, -0.25) is 0 Å². The molecule has 0 aromatic rings. The lowest BCUT2D eigenvalue weighted by atomic mass is 10.5. The first kappa shape index (κ1) is 17.2. The van der Waals surface area contributed by atoms with Gasteiger partial charge in [0.25, 0.3) is 0 Å². The first-order chi connectivity index (χ1) is 7.83. The topological polar surface area (TPSA) is 49.4 Å². The Kier molecular flexibility index (Phi) is 20.8. The van der Waals surface area contributed by atoms with Crippen molar-refractivity contribution in [3.63, 3.8) is 0 Å². The molecule has 16 heavy (non-hydrogen) atoms. The third-order valence-corrected chi connectivity index (χ3v) is 1.27. The minimum Gasteiger partial charge on any atom is -0.226 e. The van der Waals surface area contributed by atoms with E-state index in [1.54, 1.807) is 0 Å². The van der Waals surface area contributed by atoms with Gasteiger partial charge in [0, 0.05) is 26.2 Å². The molecule has 0 aromatic carbocycles. The Hall–Kier alpha value is -1.24. The smallest absolute Gasteiger partial charge is 0.0892 e. The molecule has 0 bridgehead atoms. The number of hydrogen-bond donors (Lipinski definition) is 0. The van der Waals surface area contributed by atoms with Crippen LogP contribution < -0.4 is 0 Å². The van der Waals surface area contributed by atoms with Gasteiger partial charge in [-0.15, -0.1) is 0 Å². The van der Waals surface area contributed by atoms with Gasteiger partial charge >= 0.3 is 0 Å². The first-order valence-electron chi connectivity index (χ1n) is 5.99. The summed E-state index contributed by atoms with van der Waals surface area (Å²) >= 11 is 0. The van der Waals surface area contributed by atoms with Gasteiger partial charge in [-0.1, -0.05) is 13.8 Å². The van der Waals surface area contributed by atoms with Crippen LogP contribution in [0.15, 0.2) is 20.0 Å². The molecule has 0 spiro atoms. The zero-order valence-electron chi connectivity index (χ0n) is 11.0. The predicted molar refractivity (Wildman–Crippen MR) is 71.1 cm³/mol.